The van der Waals surface area contributed by atoms with Crippen molar-refractivity contribution < 1.29 is 13.5 Å². The Kier molecular flexibility index (Phi) is 5.80. The van der Waals surface area contributed by atoms with E-state index in [1.54, 1.807) is 0 Å². The Hall–Kier alpha value is -1.35. The smallest absolute Gasteiger partial charge is 0.261 e. The maximum Gasteiger partial charge on any atom is 0.261 e. The number of alkyl halides is 2. The van der Waals surface area contributed by atoms with Crippen LogP contribution >= 0.6 is 22.6 Å². The average molecular weight is 405 g/mol. The molecule has 0 aliphatic rings. The lowest BCUT2D eigenvalue weighted by molar-refractivity contribution is 0.0183. The van der Waals surface area contributed by atoms with Gasteiger partial charge < -0.3 is 10.5 Å². The highest BCUT2D eigenvalue weighted by atomic mass is 127. The Morgan fingerprint density at radius 2 is 1.90 bits per heavy atom. The Morgan fingerprint density at radius 3 is 2.57 bits per heavy atom. The maximum absolute atomic E-state index is 12.0. The topological polar surface area (TPSA) is 61.0 Å². The van der Waals surface area contributed by atoms with Crippen LogP contribution in [0.3, 0.4) is 0 Å². The Morgan fingerprint density at radius 1 is 1.19 bits per heavy atom. The van der Waals surface area contributed by atoms with E-state index in [0.717, 1.165) is 14.8 Å². The second-order valence-corrected chi connectivity index (χ2v) is 5.35. The van der Waals surface area contributed by atoms with Gasteiger partial charge in [-0.25, -0.2) is 18.7 Å². The summed E-state index contributed by atoms with van der Waals surface area (Å²) in [5.41, 5.74) is 7.57. The molecule has 0 bridgehead atoms. The number of rotatable bonds is 6. The van der Waals surface area contributed by atoms with Crippen LogP contribution in [0.15, 0.2) is 30.3 Å². The van der Waals surface area contributed by atoms with Gasteiger partial charge in [0.15, 0.2) is 0 Å². The molecular formula is C14H14F2IN3O. The van der Waals surface area contributed by atoms with Crippen molar-refractivity contribution in [2.75, 3.05) is 18.9 Å². The molecule has 0 amide bonds. The van der Waals surface area contributed by atoms with Gasteiger partial charge in [0, 0.05) is 12.0 Å². The van der Waals surface area contributed by atoms with Crippen molar-refractivity contribution in [3.63, 3.8) is 0 Å². The maximum atomic E-state index is 12.0. The molecule has 0 spiro atoms. The highest BCUT2D eigenvalue weighted by Crippen LogP contribution is 2.26. The molecule has 0 fully saturated rings. The monoisotopic (exact) mass is 405 g/mol. The number of nitrogens with zero attached hydrogens (tertiary/aromatic N) is 2. The minimum Gasteiger partial charge on any atom is -0.383 e. The van der Waals surface area contributed by atoms with Gasteiger partial charge in [-0.1, -0.05) is 30.3 Å². The van der Waals surface area contributed by atoms with E-state index in [9.17, 15) is 8.78 Å². The summed E-state index contributed by atoms with van der Waals surface area (Å²) in [5, 5.41) is 0. The number of hydrogen-bond donors (Lipinski definition) is 1. The SMILES string of the molecule is Nc1nc(CCOCC(F)F)nc(-c2ccccc2)c1I. The van der Waals surface area contributed by atoms with E-state index in [4.69, 9.17) is 10.5 Å². The molecular weight excluding hydrogens is 391 g/mol. The number of ether oxygens (including phenoxy) is 1. The second kappa shape index (κ2) is 7.60. The molecule has 1 heterocycles. The number of aromatic nitrogens is 2. The van der Waals surface area contributed by atoms with Gasteiger partial charge in [-0.15, -0.1) is 0 Å². The van der Waals surface area contributed by atoms with E-state index in [2.05, 4.69) is 32.6 Å². The predicted molar refractivity (Wildman–Crippen MR) is 85.1 cm³/mol. The van der Waals surface area contributed by atoms with Crippen LogP contribution in [0.4, 0.5) is 14.6 Å². The van der Waals surface area contributed by atoms with Crippen LogP contribution in [0.5, 0.6) is 0 Å². The van der Waals surface area contributed by atoms with Gasteiger partial charge in [-0.05, 0) is 22.6 Å². The summed E-state index contributed by atoms with van der Waals surface area (Å²) in [6.07, 6.45) is -2.12. The van der Waals surface area contributed by atoms with Crippen LogP contribution in [0.25, 0.3) is 11.3 Å². The number of anilines is 1. The molecule has 7 heteroatoms. The van der Waals surface area contributed by atoms with E-state index in [1.807, 2.05) is 30.3 Å². The molecule has 2 rings (SSSR count). The van der Waals surface area contributed by atoms with E-state index in [0.29, 0.717) is 18.1 Å². The third-order valence-electron chi connectivity index (χ3n) is 2.68. The molecule has 0 aliphatic heterocycles. The second-order valence-electron chi connectivity index (χ2n) is 4.27. The minimum atomic E-state index is -2.47. The van der Waals surface area contributed by atoms with Gasteiger partial charge in [-0.3, -0.25) is 0 Å². The Bertz CT molecular complexity index is 596. The van der Waals surface area contributed by atoms with E-state index in [-0.39, 0.29) is 6.61 Å². The molecule has 1 aromatic carbocycles. The minimum absolute atomic E-state index is 0.138. The fourth-order valence-electron chi connectivity index (χ4n) is 1.75. The van der Waals surface area contributed by atoms with Crippen molar-refractivity contribution in [3.8, 4) is 11.3 Å². The van der Waals surface area contributed by atoms with Crippen LogP contribution in [0.2, 0.25) is 0 Å². The van der Waals surface area contributed by atoms with Crippen LogP contribution < -0.4 is 5.73 Å². The number of nitrogens with two attached hydrogens (primary N) is 1. The summed E-state index contributed by atoms with van der Waals surface area (Å²) in [6, 6.07) is 9.60. The fraction of sp³-hybridized carbons (Fsp3) is 0.286. The molecule has 4 nitrogen and oxygen atoms in total. The molecule has 0 atom stereocenters. The van der Waals surface area contributed by atoms with Gasteiger partial charge in [0.1, 0.15) is 18.2 Å². The lowest BCUT2D eigenvalue weighted by Crippen LogP contribution is -2.10. The van der Waals surface area contributed by atoms with Crippen LogP contribution in [-0.2, 0) is 11.2 Å². The highest BCUT2D eigenvalue weighted by Gasteiger charge is 2.12. The fourth-order valence-corrected chi connectivity index (χ4v) is 2.30. The van der Waals surface area contributed by atoms with Gasteiger partial charge in [0.05, 0.1) is 15.9 Å². The Labute approximate surface area is 134 Å². The molecule has 21 heavy (non-hydrogen) atoms. The van der Waals surface area contributed by atoms with Gasteiger partial charge in [-0.2, -0.15) is 0 Å². The first-order chi connectivity index (χ1) is 10.1. The van der Waals surface area contributed by atoms with Crippen LogP contribution in [-0.4, -0.2) is 29.6 Å². The molecule has 2 aromatic rings. The summed E-state index contributed by atoms with van der Waals surface area (Å²) in [4.78, 5) is 8.62. The quantitative estimate of drug-likeness (QED) is 0.593. The van der Waals surface area contributed by atoms with E-state index in [1.165, 1.54) is 0 Å². The normalized spacial score (nSPS) is 11.0. The lowest BCUT2D eigenvalue weighted by Gasteiger charge is -2.09. The third-order valence-corrected chi connectivity index (χ3v) is 3.75. The molecule has 0 unspecified atom stereocenters. The molecule has 112 valence electrons. The first-order valence-corrected chi connectivity index (χ1v) is 7.39. The van der Waals surface area contributed by atoms with Crippen molar-refractivity contribution in [3.05, 3.63) is 39.7 Å². The lowest BCUT2D eigenvalue weighted by atomic mass is 10.1. The zero-order valence-corrected chi connectivity index (χ0v) is 13.3. The average Bonchev–Trinajstić information content (AvgIpc) is 2.47. The largest absolute Gasteiger partial charge is 0.383 e. The molecule has 0 aliphatic carbocycles. The number of halogens is 3. The third kappa shape index (κ3) is 4.57. The predicted octanol–water partition coefficient (Wildman–Crippen LogP) is 3.15. The molecule has 0 saturated heterocycles. The summed E-state index contributed by atoms with van der Waals surface area (Å²) in [7, 11) is 0. The van der Waals surface area contributed by atoms with Crippen LogP contribution in [0.1, 0.15) is 5.82 Å². The summed E-state index contributed by atoms with van der Waals surface area (Å²) < 4.78 is 29.6. The zero-order chi connectivity index (χ0) is 15.2. The first kappa shape index (κ1) is 16.0. The van der Waals surface area contributed by atoms with Crippen molar-refractivity contribution in [1.29, 1.82) is 0 Å². The molecule has 0 saturated carbocycles. The summed E-state index contributed by atoms with van der Waals surface area (Å²) in [6.45, 7) is -0.440. The van der Waals surface area contributed by atoms with Gasteiger partial charge in [0.25, 0.3) is 6.43 Å². The zero-order valence-electron chi connectivity index (χ0n) is 11.1. The van der Waals surface area contributed by atoms with Crippen molar-refractivity contribution in [2.45, 2.75) is 12.8 Å². The summed E-state index contributed by atoms with van der Waals surface area (Å²) in [5.74, 6) is 0.870. The molecule has 2 N–H and O–H groups in total. The summed E-state index contributed by atoms with van der Waals surface area (Å²) >= 11 is 2.10. The van der Waals surface area contributed by atoms with Gasteiger partial charge >= 0.3 is 0 Å². The standard InChI is InChI=1S/C14H14F2IN3O/c15-10(16)8-21-7-6-11-19-13(12(17)14(18)20-11)9-4-2-1-3-5-9/h1-5,10H,6-8H2,(H2,18,19,20). The number of hydrogen-bond acceptors (Lipinski definition) is 4. The number of benzene rings is 1. The van der Waals surface area contributed by atoms with E-state index >= 15 is 0 Å². The number of nitrogen functional groups attached to an aromatic ring is 1. The van der Waals surface area contributed by atoms with Crippen molar-refractivity contribution in [1.82, 2.24) is 9.97 Å². The van der Waals surface area contributed by atoms with Crippen molar-refractivity contribution in [2.24, 2.45) is 0 Å². The van der Waals surface area contributed by atoms with Gasteiger partial charge in [0.2, 0.25) is 0 Å². The molecule has 0 radical (unpaired) electrons. The molecule has 1 aromatic heterocycles. The van der Waals surface area contributed by atoms with E-state index < -0.39 is 13.0 Å². The first-order valence-electron chi connectivity index (χ1n) is 6.31. The Balaban J connectivity index is 2.15. The van der Waals surface area contributed by atoms with Crippen molar-refractivity contribution >= 4 is 28.4 Å². The van der Waals surface area contributed by atoms with Crippen LogP contribution in [0, 0.1) is 3.57 Å². The highest BCUT2D eigenvalue weighted by molar-refractivity contribution is 14.1.